The third-order valence-electron chi connectivity index (χ3n) is 5.27. The van der Waals surface area contributed by atoms with Gasteiger partial charge in [0.15, 0.2) is 0 Å². The molecule has 30 heavy (non-hydrogen) atoms. The first-order chi connectivity index (χ1) is 14.2. The molecule has 0 aromatic heterocycles. The number of halogens is 3. The van der Waals surface area contributed by atoms with Crippen molar-refractivity contribution in [1.82, 2.24) is 9.62 Å². The Morgan fingerprint density at radius 1 is 1.20 bits per heavy atom. The summed E-state index contributed by atoms with van der Waals surface area (Å²) in [7, 11) is -3.69. The number of rotatable bonds is 6. The maximum absolute atomic E-state index is 13.1. The summed E-state index contributed by atoms with van der Waals surface area (Å²) in [5.74, 6) is -1.34. The summed E-state index contributed by atoms with van der Waals surface area (Å²) in [4.78, 5) is 12.7. The van der Waals surface area contributed by atoms with Gasteiger partial charge >= 0.3 is 0 Å². The summed E-state index contributed by atoms with van der Waals surface area (Å²) in [6.45, 7) is 2.26. The van der Waals surface area contributed by atoms with Crippen molar-refractivity contribution in [3.8, 4) is 0 Å². The quantitative estimate of drug-likeness (QED) is 0.670. The van der Waals surface area contributed by atoms with E-state index in [0.29, 0.717) is 35.0 Å². The predicted octanol–water partition coefficient (Wildman–Crippen LogP) is 4.55. The van der Waals surface area contributed by atoms with Gasteiger partial charge in [0, 0.05) is 28.7 Å². The van der Waals surface area contributed by atoms with Gasteiger partial charge in [0.1, 0.15) is 5.82 Å². The second-order valence-electron chi connectivity index (χ2n) is 7.44. The number of nitrogens with one attached hydrogen (secondary N) is 1. The molecule has 1 aliphatic rings. The van der Waals surface area contributed by atoms with Crippen LogP contribution in [0.25, 0.3) is 0 Å². The van der Waals surface area contributed by atoms with E-state index < -0.39 is 15.9 Å². The highest BCUT2D eigenvalue weighted by Crippen LogP contribution is 2.29. The zero-order valence-corrected chi connectivity index (χ0v) is 18.8. The second kappa shape index (κ2) is 9.64. The summed E-state index contributed by atoms with van der Waals surface area (Å²) < 4.78 is 40.3. The number of sulfonamides is 1. The highest BCUT2D eigenvalue weighted by Gasteiger charge is 2.33. The number of hydrogen-bond acceptors (Lipinski definition) is 3. The molecule has 1 heterocycles. The van der Waals surface area contributed by atoms with Gasteiger partial charge in [0.25, 0.3) is 0 Å². The number of nitrogens with zero attached hydrogens (tertiary/aromatic N) is 1. The van der Waals surface area contributed by atoms with Crippen LogP contribution in [0.3, 0.4) is 0 Å². The standard InChI is InChI=1S/C21H23Cl2FN2O3S/c1-14(15-7-9-17(24)10-8-15)25-21(27)16-4-3-11-26(12-16)30(28,29)13-18-19(22)5-2-6-20(18)23/h2,5-10,14,16H,3-4,11-13H2,1H3,(H,25,27)/t14-,16+/m1/s1. The summed E-state index contributed by atoms with van der Waals surface area (Å²) in [6.07, 6.45) is 1.18. The molecule has 1 aliphatic heterocycles. The average molecular weight is 473 g/mol. The largest absolute Gasteiger partial charge is 0.349 e. The van der Waals surface area contributed by atoms with E-state index in [2.05, 4.69) is 5.32 Å². The van der Waals surface area contributed by atoms with E-state index in [0.717, 1.165) is 5.56 Å². The Bertz CT molecular complexity index is 995. The van der Waals surface area contributed by atoms with Gasteiger partial charge < -0.3 is 5.32 Å². The van der Waals surface area contributed by atoms with E-state index in [4.69, 9.17) is 23.2 Å². The summed E-state index contributed by atoms with van der Waals surface area (Å²) in [5, 5.41) is 3.49. The Morgan fingerprint density at radius 3 is 2.47 bits per heavy atom. The molecule has 2 aromatic carbocycles. The minimum Gasteiger partial charge on any atom is -0.349 e. The number of benzene rings is 2. The smallest absolute Gasteiger partial charge is 0.224 e. The fourth-order valence-electron chi connectivity index (χ4n) is 3.52. The van der Waals surface area contributed by atoms with E-state index in [9.17, 15) is 17.6 Å². The Kier molecular flexibility index (Phi) is 7.39. The minimum absolute atomic E-state index is 0.104. The van der Waals surface area contributed by atoms with Crippen molar-refractivity contribution in [3.05, 3.63) is 69.5 Å². The molecular weight excluding hydrogens is 450 g/mol. The molecule has 2 atom stereocenters. The van der Waals surface area contributed by atoms with E-state index in [1.807, 2.05) is 6.92 Å². The van der Waals surface area contributed by atoms with Crippen molar-refractivity contribution in [3.63, 3.8) is 0 Å². The van der Waals surface area contributed by atoms with E-state index in [1.165, 1.54) is 16.4 Å². The third kappa shape index (κ3) is 5.52. The van der Waals surface area contributed by atoms with Crippen molar-refractivity contribution in [2.24, 2.45) is 5.92 Å². The molecule has 0 radical (unpaired) electrons. The fraction of sp³-hybridized carbons (Fsp3) is 0.381. The molecule has 1 amide bonds. The van der Waals surface area contributed by atoms with Gasteiger partial charge in [-0.05, 0) is 49.6 Å². The van der Waals surface area contributed by atoms with Gasteiger partial charge in [0.2, 0.25) is 15.9 Å². The van der Waals surface area contributed by atoms with Crippen molar-refractivity contribution in [2.75, 3.05) is 13.1 Å². The molecule has 0 bridgehead atoms. The molecule has 0 unspecified atom stereocenters. The topological polar surface area (TPSA) is 66.5 Å². The first-order valence-corrected chi connectivity index (χ1v) is 12.0. The SMILES string of the molecule is C[C@@H](NC(=O)[C@H]1CCCN(S(=O)(=O)Cc2c(Cl)cccc2Cl)C1)c1ccc(F)cc1. The van der Waals surface area contributed by atoms with Crippen LogP contribution in [0.5, 0.6) is 0 Å². The first kappa shape index (κ1) is 23.0. The number of hydrogen-bond donors (Lipinski definition) is 1. The summed E-state index contributed by atoms with van der Waals surface area (Å²) in [6, 6.07) is 10.5. The van der Waals surface area contributed by atoms with Gasteiger partial charge in [-0.15, -0.1) is 0 Å². The molecule has 0 spiro atoms. The maximum atomic E-state index is 13.1. The number of carbonyl (C=O) groups is 1. The van der Waals surface area contributed by atoms with Crippen molar-refractivity contribution < 1.29 is 17.6 Å². The molecular formula is C21H23Cl2FN2O3S. The molecule has 3 rings (SSSR count). The lowest BCUT2D eigenvalue weighted by molar-refractivity contribution is -0.126. The van der Waals surface area contributed by atoms with Crippen LogP contribution >= 0.6 is 23.2 Å². The minimum atomic E-state index is -3.69. The first-order valence-electron chi connectivity index (χ1n) is 9.64. The molecule has 2 aromatic rings. The van der Waals surface area contributed by atoms with Crippen LogP contribution in [-0.2, 0) is 20.6 Å². The molecule has 9 heteroatoms. The average Bonchev–Trinajstić information content (AvgIpc) is 2.71. The fourth-order valence-corrected chi connectivity index (χ4v) is 5.88. The van der Waals surface area contributed by atoms with Crippen LogP contribution in [0.15, 0.2) is 42.5 Å². The monoisotopic (exact) mass is 472 g/mol. The number of amides is 1. The predicted molar refractivity (Wildman–Crippen MR) is 116 cm³/mol. The highest BCUT2D eigenvalue weighted by molar-refractivity contribution is 7.88. The van der Waals surface area contributed by atoms with Gasteiger partial charge in [-0.25, -0.2) is 17.1 Å². The van der Waals surface area contributed by atoms with E-state index in [1.54, 1.807) is 30.3 Å². The third-order valence-corrected chi connectivity index (χ3v) is 7.75. The van der Waals surface area contributed by atoms with Crippen LogP contribution < -0.4 is 5.32 Å². The summed E-state index contributed by atoms with van der Waals surface area (Å²) >= 11 is 12.2. The normalized spacial score (nSPS) is 18.7. The number of piperidine rings is 1. The van der Waals surface area contributed by atoms with Crippen LogP contribution in [0.1, 0.15) is 36.9 Å². The zero-order valence-electron chi connectivity index (χ0n) is 16.4. The highest BCUT2D eigenvalue weighted by atomic mass is 35.5. The molecule has 1 saturated heterocycles. The summed E-state index contributed by atoms with van der Waals surface area (Å²) in [5.41, 5.74) is 1.13. The van der Waals surface area contributed by atoms with Crippen molar-refractivity contribution in [2.45, 2.75) is 31.6 Å². The molecule has 162 valence electrons. The van der Waals surface area contributed by atoms with Gasteiger partial charge in [0.05, 0.1) is 17.7 Å². The van der Waals surface area contributed by atoms with Crippen molar-refractivity contribution in [1.29, 1.82) is 0 Å². The molecule has 1 N–H and O–H groups in total. The van der Waals surface area contributed by atoms with Crippen molar-refractivity contribution >= 4 is 39.1 Å². The Morgan fingerprint density at radius 2 is 1.83 bits per heavy atom. The lowest BCUT2D eigenvalue weighted by Gasteiger charge is -2.32. The van der Waals surface area contributed by atoms with Crippen LogP contribution in [-0.4, -0.2) is 31.7 Å². The van der Waals surface area contributed by atoms with Gasteiger partial charge in [-0.2, -0.15) is 0 Å². The lowest BCUT2D eigenvalue weighted by atomic mass is 9.98. The molecule has 0 aliphatic carbocycles. The molecule has 5 nitrogen and oxygen atoms in total. The molecule has 1 fully saturated rings. The lowest BCUT2D eigenvalue weighted by Crippen LogP contribution is -2.46. The maximum Gasteiger partial charge on any atom is 0.224 e. The molecule has 0 saturated carbocycles. The van der Waals surface area contributed by atoms with Crippen LogP contribution in [0.2, 0.25) is 10.0 Å². The van der Waals surface area contributed by atoms with Gasteiger partial charge in [-0.1, -0.05) is 41.4 Å². The second-order valence-corrected chi connectivity index (χ2v) is 10.2. The van der Waals surface area contributed by atoms with Crippen LogP contribution in [0, 0.1) is 11.7 Å². The van der Waals surface area contributed by atoms with Crippen LogP contribution in [0.4, 0.5) is 4.39 Å². The van der Waals surface area contributed by atoms with E-state index in [-0.39, 0.29) is 30.1 Å². The Labute approximate surface area is 186 Å². The van der Waals surface area contributed by atoms with E-state index >= 15 is 0 Å². The zero-order chi connectivity index (χ0) is 21.9. The Balaban J connectivity index is 1.66. The number of carbonyl (C=O) groups excluding carboxylic acids is 1. The Hall–Kier alpha value is -1.67. The van der Waals surface area contributed by atoms with Gasteiger partial charge in [-0.3, -0.25) is 4.79 Å².